The molecule has 0 saturated carbocycles. The summed E-state index contributed by atoms with van der Waals surface area (Å²) in [6.07, 6.45) is 0.465. The van der Waals surface area contributed by atoms with E-state index in [1.807, 2.05) is 18.7 Å². The molecule has 4 heterocycles. The van der Waals surface area contributed by atoms with Crippen LogP contribution >= 0.6 is 15.9 Å². The molecule has 4 rings (SSSR count). The number of carbonyl (C=O) groups is 1. The number of hydrogen-bond donors (Lipinski definition) is 0. The van der Waals surface area contributed by atoms with Gasteiger partial charge in [-0.05, 0) is 22.9 Å². The number of aryl methyl sites for hydroxylation is 2. The maximum Gasteiger partial charge on any atom is 0.157 e. The van der Waals surface area contributed by atoms with E-state index in [-0.39, 0.29) is 6.04 Å². The van der Waals surface area contributed by atoms with E-state index in [0.29, 0.717) is 12.2 Å². The predicted molar refractivity (Wildman–Crippen MR) is 76.2 cm³/mol. The zero-order chi connectivity index (χ0) is 13.6. The van der Waals surface area contributed by atoms with Crippen LogP contribution in [0.2, 0.25) is 0 Å². The highest BCUT2D eigenvalue weighted by atomic mass is 79.9. The molecule has 0 spiro atoms. The molecule has 3 fully saturated rings. The quantitative estimate of drug-likeness (QED) is 0.815. The monoisotopic (exact) mass is 326 g/mol. The highest BCUT2D eigenvalue weighted by Gasteiger charge is 2.36. The molecule has 1 aromatic heterocycles. The summed E-state index contributed by atoms with van der Waals surface area (Å²) >= 11 is 3.53. The first-order valence-electron chi connectivity index (χ1n) is 6.73. The van der Waals surface area contributed by atoms with Gasteiger partial charge in [0.1, 0.15) is 0 Å². The number of rotatable bonds is 3. The van der Waals surface area contributed by atoms with Crippen LogP contribution < -0.4 is 0 Å². The van der Waals surface area contributed by atoms with Crippen LogP contribution in [0.1, 0.15) is 11.4 Å². The van der Waals surface area contributed by atoms with Crippen molar-refractivity contribution < 1.29 is 4.79 Å². The number of hydrogen-bond acceptors (Lipinski definition) is 4. The number of aromatic nitrogens is 2. The molecule has 0 N–H and O–H groups in total. The Morgan fingerprint density at radius 3 is 2.53 bits per heavy atom. The van der Waals surface area contributed by atoms with Crippen molar-refractivity contribution in [3.63, 3.8) is 0 Å². The summed E-state index contributed by atoms with van der Waals surface area (Å²) in [5.41, 5.74) is 1.93. The van der Waals surface area contributed by atoms with Crippen molar-refractivity contribution in [3.8, 4) is 0 Å². The fourth-order valence-electron chi connectivity index (χ4n) is 3.08. The first-order valence-corrected chi connectivity index (χ1v) is 7.52. The number of Topliss-reactive ketones (excluding diaryl/α,β-unsaturated/α-hetero) is 1. The standard InChI is InChI=1S/C13H19BrN4O/c1-9-13(14)10(16(2)15-9)7-12(19)11-8-17-3-5-18(11)6-4-17/h11H,3-8H2,1-2H3. The van der Waals surface area contributed by atoms with E-state index in [4.69, 9.17) is 0 Å². The molecule has 3 aliphatic heterocycles. The molecule has 0 amide bonds. The van der Waals surface area contributed by atoms with Gasteiger partial charge in [0, 0.05) is 39.8 Å². The van der Waals surface area contributed by atoms with Gasteiger partial charge < -0.3 is 0 Å². The maximum atomic E-state index is 12.5. The van der Waals surface area contributed by atoms with Crippen molar-refractivity contribution in [2.24, 2.45) is 7.05 Å². The molecule has 1 atom stereocenters. The van der Waals surface area contributed by atoms with Crippen LogP contribution in [-0.4, -0.2) is 64.1 Å². The minimum Gasteiger partial charge on any atom is -0.299 e. The van der Waals surface area contributed by atoms with Gasteiger partial charge in [0.05, 0.1) is 28.3 Å². The van der Waals surface area contributed by atoms with Gasteiger partial charge in [-0.3, -0.25) is 19.3 Å². The fraction of sp³-hybridized carbons (Fsp3) is 0.692. The molecular weight excluding hydrogens is 308 g/mol. The number of fused-ring (bicyclic) bond motifs is 3. The Labute approximate surface area is 121 Å². The van der Waals surface area contributed by atoms with Crippen LogP contribution in [0.4, 0.5) is 0 Å². The van der Waals surface area contributed by atoms with E-state index in [9.17, 15) is 4.79 Å². The first-order chi connectivity index (χ1) is 9.06. The second-order valence-electron chi connectivity index (χ2n) is 5.47. The lowest BCUT2D eigenvalue weighted by Gasteiger charge is -2.46. The Morgan fingerprint density at radius 2 is 2.05 bits per heavy atom. The molecule has 3 aliphatic rings. The second kappa shape index (κ2) is 5.00. The number of carbonyl (C=O) groups excluding carboxylic acids is 1. The third kappa shape index (κ3) is 2.37. The predicted octanol–water partition coefficient (Wildman–Crippen LogP) is 0.602. The Morgan fingerprint density at radius 1 is 1.37 bits per heavy atom. The van der Waals surface area contributed by atoms with Gasteiger partial charge >= 0.3 is 0 Å². The van der Waals surface area contributed by atoms with Gasteiger partial charge in [-0.2, -0.15) is 5.10 Å². The van der Waals surface area contributed by atoms with Crippen LogP contribution in [0, 0.1) is 6.92 Å². The summed E-state index contributed by atoms with van der Waals surface area (Å²) in [6.45, 7) is 7.13. The van der Waals surface area contributed by atoms with Crippen LogP contribution in [0.15, 0.2) is 4.47 Å². The summed E-state index contributed by atoms with van der Waals surface area (Å²) < 4.78 is 2.79. The molecule has 104 valence electrons. The summed E-state index contributed by atoms with van der Waals surface area (Å²) in [4.78, 5) is 17.3. The minimum atomic E-state index is 0.0737. The van der Waals surface area contributed by atoms with E-state index < -0.39 is 0 Å². The number of piperazine rings is 3. The minimum absolute atomic E-state index is 0.0737. The molecule has 2 bridgehead atoms. The fourth-order valence-corrected chi connectivity index (χ4v) is 3.55. The van der Waals surface area contributed by atoms with E-state index in [1.165, 1.54) is 0 Å². The van der Waals surface area contributed by atoms with Crippen molar-refractivity contribution in [3.05, 3.63) is 15.9 Å². The third-order valence-corrected chi connectivity index (χ3v) is 5.29. The average Bonchev–Trinajstić information content (AvgIpc) is 2.66. The largest absolute Gasteiger partial charge is 0.299 e. The smallest absolute Gasteiger partial charge is 0.157 e. The summed E-state index contributed by atoms with van der Waals surface area (Å²) in [5.74, 6) is 0.313. The molecule has 1 aromatic rings. The Bertz CT molecular complexity index is 505. The van der Waals surface area contributed by atoms with E-state index >= 15 is 0 Å². The van der Waals surface area contributed by atoms with E-state index in [1.54, 1.807) is 0 Å². The first kappa shape index (κ1) is 13.3. The highest BCUT2D eigenvalue weighted by molar-refractivity contribution is 9.10. The number of nitrogens with zero attached hydrogens (tertiary/aromatic N) is 4. The topological polar surface area (TPSA) is 41.4 Å². The van der Waals surface area contributed by atoms with Gasteiger partial charge in [-0.25, -0.2) is 0 Å². The van der Waals surface area contributed by atoms with Crippen molar-refractivity contribution in [2.75, 3.05) is 32.7 Å². The van der Waals surface area contributed by atoms with Gasteiger partial charge in [0.25, 0.3) is 0 Å². The SMILES string of the molecule is Cc1nn(C)c(CC(=O)C2CN3CCN2CC3)c1Br. The van der Waals surface area contributed by atoms with Crippen molar-refractivity contribution >= 4 is 21.7 Å². The van der Waals surface area contributed by atoms with Crippen LogP contribution in [-0.2, 0) is 18.3 Å². The highest BCUT2D eigenvalue weighted by Crippen LogP contribution is 2.23. The molecule has 0 radical (unpaired) electrons. The zero-order valence-electron chi connectivity index (χ0n) is 11.4. The van der Waals surface area contributed by atoms with E-state index in [2.05, 4.69) is 30.8 Å². The van der Waals surface area contributed by atoms with Crippen LogP contribution in [0.3, 0.4) is 0 Å². The van der Waals surface area contributed by atoms with Crippen molar-refractivity contribution in [2.45, 2.75) is 19.4 Å². The zero-order valence-corrected chi connectivity index (χ0v) is 13.0. The lowest BCUT2D eigenvalue weighted by Crippen LogP contribution is -2.63. The molecule has 6 heteroatoms. The molecule has 0 aromatic carbocycles. The second-order valence-corrected chi connectivity index (χ2v) is 6.26. The number of ketones is 1. The lowest BCUT2D eigenvalue weighted by atomic mass is 10.0. The third-order valence-electron chi connectivity index (χ3n) is 4.25. The molecule has 3 saturated heterocycles. The Kier molecular flexibility index (Phi) is 3.49. The van der Waals surface area contributed by atoms with Gasteiger partial charge in [-0.15, -0.1) is 0 Å². The maximum absolute atomic E-state index is 12.5. The van der Waals surface area contributed by atoms with Crippen molar-refractivity contribution in [1.82, 2.24) is 19.6 Å². The normalized spacial score (nSPS) is 29.7. The van der Waals surface area contributed by atoms with Gasteiger partial charge in [-0.1, -0.05) is 0 Å². The molecular formula is C13H19BrN4O. The average molecular weight is 327 g/mol. The van der Waals surface area contributed by atoms with Crippen molar-refractivity contribution in [1.29, 1.82) is 0 Å². The van der Waals surface area contributed by atoms with E-state index in [0.717, 1.165) is 48.6 Å². The van der Waals surface area contributed by atoms with Crippen LogP contribution in [0.25, 0.3) is 0 Å². The molecule has 0 aliphatic carbocycles. The summed E-state index contributed by atoms with van der Waals surface area (Å²) in [6, 6.07) is 0.0737. The summed E-state index contributed by atoms with van der Waals surface area (Å²) in [5, 5.41) is 4.35. The summed E-state index contributed by atoms with van der Waals surface area (Å²) in [7, 11) is 1.90. The van der Waals surface area contributed by atoms with Gasteiger partial charge in [0.15, 0.2) is 5.78 Å². The molecule has 1 unspecified atom stereocenters. The lowest BCUT2D eigenvalue weighted by molar-refractivity contribution is -0.128. The molecule has 5 nitrogen and oxygen atoms in total. The molecule has 19 heavy (non-hydrogen) atoms. The Balaban J connectivity index is 1.75. The van der Waals surface area contributed by atoms with Crippen LogP contribution in [0.5, 0.6) is 0 Å². The van der Waals surface area contributed by atoms with Gasteiger partial charge in [0.2, 0.25) is 0 Å². The number of halogens is 1. The Hall–Kier alpha value is -0.720.